The molecule has 0 saturated carbocycles. The fraction of sp³-hybridized carbons (Fsp3) is 0.125. The molecule has 2 aromatic heterocycles. The van der Waals surface area contributed by atoms with Gasteiger partial charge >= 0.3 is 0 Å². The summed E-state index contributed by atoms with van der Waals surface area (Å²) < 4.78 is 2.08. The molecule has 102 valence electrons. The fourth-order valence-electron chi connectivity index (χ4n) is 2.32. The summed E-state index contributed by atoms with van der Waals surface area (Å²) in [6, 6.07) is 13.9. The molecule has 0 amide bonds. The molecule has 1 N–H and O–H groups in total. The highest BCUT2D eigenvalue weighted by Gasteiger charge is 2.07. The summed E-state index contributed by atoms with van der Waals surface area (Å²) in [6.07, 6.45) is 4.03. The van der Waals surface area contributed by atoms with Crippen LogP contribution in [0.4, 0.5) is 0 Å². The number of rotatable bonds is 2. The maximum absolute atomic E-state index is 11.5. The summed E-state index contributed by atoms with van der Waals surface area (Å²) in [4.78, 5) is 14.4. The van der Waals surface area contributed by atoms with Crippen molar-refractivity contribution in [2.45, 2.75) is 13.5 Å². The fourth-order valence-corrected chi connectivity index (χ4v) is 2.32. The molecule has 3 nitrogen and oxygen atoms in total. The predicted molar refractivity (Wildman–Crippen MR) is 75.0 cm³/mol. The third-order valence-corrected chi connectivity index (χ3v) is 3.26. The van der Waals surface area contributed by atoms with Crippen LogP contribution in [-0.2, 0) is 6.54 Å². The molecule has 20 heavy (non-hydrogen) atoms. The van der Waals surface area contributed by atoms with Crippen molar-refractivity contribution in [3.63, 3.8) is 0 Å². The highest BCUT2D eigenvalue weighted by molar-refractivity contribution is 5.79. The van der Waals surface area contributed by atoms with Crippen LogP contribution in [0.1, 0.15) is 11.1 Å². The van der Waals surface area contributed by atoms with E-state index in [9.17, 15) is 4.79 Å². The molecule has 0 atom stereocenters. The number of halogens is 1. The number of fused-ring (bicyclic) bond motifs is 1. The minimum atomic E-state index is -0.0533. The Balaban J connectivity index is 0.00000147. The number of aryl methyl sites for hydroxylation is 1. The Bertz CT molecular complexity index is 781. The van der Waals surface area contributed by atoms with Gasteiger partial charge in [0.25, 0.3) is 0 Å². The van der Waals surface area contributed by atoms with Crippen molar-refractivity contribution >= 4 is 10.9 Å². The molecule has 0 aliphatic rings. The largest absolute Gasteiger partial charge is 1.00 e. The molecular weight excluding hydrogens is 316 g/mol. The number of hydrogen-bond acceptors (Lipinski definition) is 1. The standard InChI is InChI=1S/C16H14N2O.BrH/c1-12-9-16(19)17-15-11-18(8-7-14(12)15)10-13-5-3-2-4-6-13;/h2-9,11H,10H2,1H3;1H. The van der Waals surface area contributed by atoms with Crippen molar-refractivity contribution in [3.8, 4) is 0 Å². The molecule has 0 spiro atoms. The van der Waals surface area contributed by atoms with Crippen LogP contribution in [-0.4, -0.2) is 4.98 Å². The number of nitrogens with one attached hydrogen (secondary N) is 1. The third kappa shape index (κ3) is 2.96. The molecule has 0 unspecified atom stereocenters. The Hall–Kier alpha value is -1.94. The average Bonchev–Trinajstić information content (AvgIpc) is 2.39. The summed E-state index contributed by atoms with van der Waals surface area (Å²) in [5.41, 5.74) is 3.07. The van der Waals surface area contributed by atoms with E-state index in [0.717, 1.165) is 23.0 Å². The van der Waals surface area contributed by atoms with Crippen LogP contribution in [0.25, 0.3) is 10.9 Å². The van der Waals surface area contributed by atoms with Crippen LogP contribution in [0.5, 0.6) is 0 Å². The molecule has 0 aliphatic heterocycles. The van der Waals surface area contributed by atoms with E-state index in [1.54, 1.807) is 6.07 Å². The minimum absolute atomic E-state index is 0. The third-order valence-electron chi connectivity index (χ3n) is 3.26. The second-order valence-corrected chi connectivity index (χ2v) is 4.75. The van der Waals surface area contributed by atoms with Gasteiger partial charge in [-0.15, -0.1) is 0 Å². The quantitative estimate of drug-likeness (QED) is 0.612. The molecular formula is C16H15BrN2O. The van der Waals surface area contributed by atoms with E-state index in [-0.39, 0.29) is 22.5 Å². The molecule has 0 radical (unpaired) electrons. The van der Waals surface area contributed by atoms with Gasteiger partial charge in [0.15, 0.2) is 18.9 Å². The van der Waals surface area contributed by atoms with Gasteiger partial charge in [0, 0.05) is 23.1 Å². The molecule has 0 aliphatic carbocycles. The van der Waals surface area contributed by atoms with Gasteiger partial charge in [-0.05, 0) is 12.5 Å². The first-order chi connectivity index (χ1) is 9.22. The highest BCUT2D eigenvalue weighted by atomic mass is 79.9. The Morgan fingerprint density at radius 1 is 1.15 bits per heavy atom. The number of pyridine rings is 2. The van der Waals surface area contributed by atoms with Gasteiger partial charge in [0.2, 0.25) is 5.56 Å². The number of H-pyrrole nitrogens is 1. The van der Waals surface area contributed by atoms with Crippen LogP contribution < -0.4 is 27.1 Å². The second kappa shape index (κ2) is 6.01. The lowest BCUT2D eigenvalue weighted by molar-refractivity contribution is -0.687. The van der Waals surface area contributed by atoms with Crippen LogP contribution in [0, 0.1) is 6.92 Å². The maximum atomic E-state index is 11.5. The average molecular weight is 331 g/mol. The molecule has 2 heterocycles. The lowest BCUT2D eigenvalue weighted by Crippen LogP contribution is -3.00. The monoisotopic (exact) mass is 330 g/mol. The van der Waals surface area contributed by atoms with Gasteiger partial charge in [0.1, 0.15) is 5.52 Å². The zero-order valence-corrected chi connectivity index (χ0v) is 12.7. The van der Waals surface area contributed by atoms with Crippen LogP contribution in [0.15, 0.2) is 59.7 Å². The highest BCUT2D eigenvalue weighted by Crippen LogP contribution is 2.11. The molecule has 3 rings (SSSR count). The molecule has 0 fully saturated rings. The smallest absolute Gasteiger partial charge is 0.248 e. The summed E-state index contributed by atoms with van der Waals surface area (Å²) in [6.45, 7) is 2.76. The number of nitrogens with zero attached hydrogens (tertiary/aromatic N) is 1. The van der Waals surface area contributed by atoms with Crippen molar-refractivity contribution < 1.29 is 21.5 Å². The molecule has 1 aromatic carbocycles. The zero-order chi connectivity index (χ0) is 13.2. The van der Waals surface area contributed by atoms with Gasteiger partial charge < -0.3 is 22.0 Å². The Kier molecular flexibility index (Phi) is 4.35. The maximum Gasteiger partial charge on any atom is 0.248 e. The molecule has 4 heteroatoms. The van der Waals surface area contributed by atoms with Gasteiger partial charge in [-0.3, -0.25) is 4.79 Å². The molecule has 0 bridgehead atoms. The topological polar surface area (TPSA) is 36.7 Å². The van der Waals surface area contributed by atoms with Crippen LogP contribution in [0.2, 0.25) is 0 Å². The van der Waals surface area contributed by atoms with Crippen molar-refractivity contribution in [1.82, 2.24) is 4.98 Å². The zero-order valence-electron chi connectivity index (χ0n) is 11.1. The lowest BCUT2D eigenvalue weighted by atomic mass is 10.1. The SMILES string of the molecule is Cc1cc(=O)[nH]c2c[n+](Cc3ccccc3)ccc12.[Br-]. The first kappa shape index (κ1) is 14.5. The minimum Gasteiger partial charge on any atom is -1.00 e. The Morgan fingerprint density at radius 2 is 1.90 bits per heavy atom. The summed E-state index contributed by atoms with van der Waals surface area (Å²) in [7, 11) is 0. The summed E-state index contributed by atoms with van der Waals surface area (Å²) in [5.74, 6) is 0. The van der Waals surface area contributed by atoms with E-state index in [1.165, 1.54) is 5.56 Å². The lowest BCUT2D eigenvalue weighted by Gasteiger charge is -2.02. The second-order valence-electron chi connectivity index (χ2n) is 4.75. The van der Waals surface area contributed by atoms with Gasteiger partial charge in [-0.2, -0.15) is 4.57 Å². The van der Waals surface area contributed by atoms with Crippen molar-refractivity contribution in [2.24, 2.45) is 0 Å². The molecule has 0 saturated heterocycles. The number of hydrogen-bond donors (Lipinski definition) is 1. The van der Waals surface area contributed by atoms with Crippen molar-refractivity contribution in [1.29, 1.82) is 0 Å². The van der Waals surface area contributed by atoms with E-state index in [1.807, 2.05) is 43.6 Å². The Labute approximate surface area is 127 Å². The Morgan fingerprint density at radius 3 is 2.65 bits per heavy atom. The normalized spacial score (nSPS) is 10.2. The number of aromatic nitrogens is 2. The first-order valence-corrected chi connectivity index (χ1v) is 6.29. The van der Waals surface area contributed by atoms with E-state index < -0.39 is 0 Å². The summed E-state index contributed by atoms with van der Waals surface area (Å²) >= 11 is 0. The van der Waals surface area contributed by atoms with Crippen molar-refractivity contribution in [2.75, 3.05) is 0 Å². The van der Waals surface area contributed by atoms with Gasteiger partial charge in [-0.25, -0.2) is 0 Å². The van der Waals surface area contributed by atoms with Crippen molar-refractivity contribution in [3.05, 3.63) is 76.3 Å². The number of aromatic amines is 1. The first-order valence-electron chi connectivity index (χ1n) is 6.29. The van der Waals surface area contributed by atoms with E-state index in [4.69, 9.17) is 0 Å². The predicted octanol–water partition coefficient (Wildman–Crippen LogP) is -0.824. The van der Waals surface area contributed by atoms with E-state index in [0.29, 0.717) is 0 Å². The van der Waals surface area contributed by atoms with Gasteiger partial charge in [0.05, 0.1) is 0 Å². The molecule has 3 aromatic rings. The summed E-state index contributed by atoms with van der Waals surface area (Å²) in [5, 5.41) is 1.09. The van der Waals surface area contributed by atoms with Crippen LogP contribution >= 0.6 is 0 Å². The van der Waals surface area contributed by atoms with Crippen LogP contribution in [0.3, 0.4) is 0 Å². The van der Waals surface area contributed by atoms with E-state index >= 15 is 0 Å². The van der Waals surface area contributed by atoms with Gasteiger partial charge in [-0.1, -0.05) is 30.3 Å². The van der Waals surface area contributed by atoms with E-state index in [2.05, 4.69) is 21.7 Å². The number of benzene rings is 1.